The van der Waals surface area contributed by atoms with Gasteiger partial charge in [-0.1, -0.05) is 13.8 Å². The summed E-state index contributed by atoms with van der Waals surface area (Å²) < 4.78 is 38.0. The van der Waals surface area contributed by atoms with Crippen LogP contribution in [0.1, 0.15) is 40.1 Å². The molecule has 0 aliphatic carbocycles. The lowest BCUT2D eigenvalue weighted by Gasteiger charge is -2.13. The second kappa shape index (κ2) is 9.09. The third kappa shape index (κ3) is 6.26. The molecule has 0 radical (unpaired) electrons. The highest BCUT2D eigenvalue weighted by Crippen LogP contribution is 2.37. The first-order valence-corrected chi connectivity index (χ1v) is 9.29. The Hall–Kier alpha value is -2.55. The molecule has 2 amide bonds. The molecule has 150 valence electrons. The maximum absolute atomic E-state index is 12.7. The summed E-state index contributed by atoms with van der Waals surface area (Å²) in [4.78, 5) is 28.2. The maximum atomic E-state index is 12.7. The van der Waals surface area contributed by atoms with Crippen LogP contribution in [0, 0.1) is 12.8 Å². The number of aryl methyl sites for hydroxylation is 1. The van der Waals surface area contributed by atoms with Crippen LogP contribution in [0.2, 0.25) is 0 Å². The van der Waals surface area contributed by atoms with Crippen LogP contribution in [0.25, 0.3) is 0 Å². The molecule has 0 saturated heterocycles. The van der Waals surface area contributed by atoms with Crippen LogP contribution in [-0.4, -0.2) is 28.9 Å². The van der Waals surface area contributed by atoms with Crippen molar-refractivity contribution in [2.75, 3.05) is 11.9 Å². The molecule has 2 N–H and O–H groups in total. The van der Waals surface area contributed by atoms with Crippen molar-refractivity contribution in [3.63, 3.8) is 0 Å². The maximum Gasteiger partial charge on any atom is 0.447 e. The molecule has 0 atom stereocenters. The zero-order valence-electron chi connectivity index (χ0n) is 15.6. The number of nitrogens with one attached hydrogen (secondary N) is 2. The van der Waals surface area contributed by atoms with Crippen LogP contribution in [0.4, 0.5) is 18.9 Å². The molecule has 0 unspecified atom stereocenters. The Labute approximate surface area is 165 Å². The number of hydrogen-bond donors (Lipinski definition) is 2. The van der Waals surface area contributed by atoms with Gasteiger partial charge >= 0.3 is 5.51 Å². The van der Waals surface area contributed by atoms with Gasteiger partial charge in [0.2, 0.25) is 0 Å². The summed E-state index contributed by atoms with van der Waals surface area (Å²) >= 11 is -0.440. The molecule has 28 heavy (non-hydrogen) atoms. The third-order valence-electron chi connectivity index (χ3n) is 3.64. The van der Waals surface area contributed by atoms with E-state index >= 15 is 0 Å². The predicted molar refractivity (Wildman–Crippen MR) is 102 cm³/mol. The van der Waals surface area contributed by atoms with Gasteiger partial charge in [-0.2, -0.15) is 13.2 Å². The second-order valence-corrected chi connectivity index (χ2v) is 7.55. The van der Waals surface area contributed by atoms with Gasteiger partial charge < -0.3 is 10.6 Å². The number of aromatic nitrogens is 1. The monoisotopic (exact) mass is 411 g/mol. The SMILES string of the molecule is Cc1cc(C(=O)NCC(C)C)ccc1NC(=O)c1cccnc1SC(F)(F)F. The van der Waals surface area contributed by atoms with Crippen LogP contribution in [0.3, 0.4) is 0 Å². The Bertz CT molecular complexity index is 870. The Morgan fingerprint density at radius 1 is 1.18 bits per heavy atom. The first-order valence-electron chi connectivity index (χ1n) is 8.48. The number of carbonyl (C=O) groups excluding carboxylic acids is 2. The van der Waals surface area contributed by atoms with E-state index in [4.69, 9.17) is 0 Å². The van der Waals surface area contributed by atoms with Crippen LogP contribution >= 0.6 is 11.8 Å². The molecule has 5 nitrogen and oxygen atoms in total. The van der Waals surface area contributed by atoms with Crippen molar-refractivity contribution in [3.8, 4) is 0 Å². The van der Waals surface area contributed by atoms with Crippen molar-refractivity contribution in [2.45, 2.75) is 31.3 Å². The molecule has 0 saturated carbocycles. The smallest absolute Gasteiger partial charge is 0.352 e. The van der Waals surface area contributed by atoms with Gasteiger partial charge in [0.05, 0.1) is 5.56 Å². The second-order valence-electron chi connectivity index (χ2n) is 6.49. The lowest BCUT2D eigenvalue weighted by Crippen LogP contribution is -2.27. The van der Waals surface area contributed by atoms with Crippen LogP contribution in [-0.2, 0) is 0 Å². The quantitative estimate of drug-likeness (QED) is 0.680. The normalized spacial score (nSPS) is 11.4. The number of thioether (sulfide) groups is 1. The average Bonchev–Trinajstić information content (AvgIpc) is 2.60. The summed E-state index contributed by atoms with van der Waals surface area (Å²) in [5, 5.41) is 4.95. The zero-order chi connectivity index (χ0) is 20.9. The topological polar surface area (TPSA) is 71.1 Å². The highest BCUT2D eigenvalue weighted by Gasteiger charge is 2.32. The van der Waals surface area contributed by atoms with E-state index in [-0.39, 0.29) is 11.5 Å². The van der Waals surface area contributed by atoms with Crippen molar-refractivity contribution in [2.24, 2.45) is 5.92 Å². The molecule has 2 rings (SSSR count). The van der Waals surface area contributed by atoms with Gasteiger partial charge in [0.15, 0.2) is 0 Å². The van der Waals surface area contributed by atoms with Gasteiger partial charge in [0, 0.05) is 35.8 Å². The largest absolute Gasteiger partial charge is 0.447 e. The van der Waals surface area contributed by atoms with Gasteiger partial charge in [0.25, 0.3) is 11.8 Å². The Morgan fingerprint density at radius 3 is 2.50 bits per heavy atom. The summed E-state index contributed by atoms with van der Waals surface area (Å²) in [6.07, 6.45) is 1.20. The third-order valence-corrected chi connectivity index (χ3v) is 4.39. The van der Waals surface area contributed by atoms with Crippen molar-refractivity contribution in [1.82, 2.24) is 10.3 Å². The number of benzene rings is 1. The van der Waals surface area contributed by atoms with Gasteiger partial charge in [0.1, 0.15) is 5.03 Å². The molecule has 1 aromatic carbocycles. The number of pyridine rings is 1. The number of anilines is 1. The fourth-order valence-corrected chi connectivity index (χ4v) is 2.89. The Kier molecular flexibility index (Phi) is 7.06. The average molecular weight is 411 g/mol. The first kappa shape index (κ1) is 21.7. The van der Waals surface area contributed by atoms with Gasteiger partial charge in [-0.3, -0.25) is 9.59 Å². The molecule has 0 spiro atoms. The van der Waals surface area contributed by atoms with E-state index in [1.54, 1.807) is 25.1 Å². The number of carbonyl (C=O) groups is 2. The summed E-state index contributed by atoms with van der Waals surface area (Å²) in [5.74, 6) is -0.627. The summed E-state index contributed by atoms with van der Waals surface area (Å²) in [5.41, 5.74) is -3.28. The van der Waals surface area contributed by atoms with Crippen LogP contribution in [0.15, 0.2) is 41.6 Å². The number of alkyl halides is 3. The van der Waals surface area contributed by atoms with E-state index in [1.807, 2.05) is 13.8 Å². The van der Waals surface area contributed by atoms with Gasteiger partial charge in [-0.25, -0.2) is 4.98 Å². The van der Waals surface area contributed by atoms with E-state index in [2.05, 4.69) is 15.6 Å². The molecule has 2 aromatic rings. The minimum Gasteiger partial charge on any atom is -0.352 e. The van der Waals surface area contributed by atoms with Crippen molar-refractivity contribution >= 4 is 29.3 Å². The van der Waals surface area contributed by atoms with Gasteiger partial charge in [-0.05, 0) is 48.7 Å². The molecule has 0 bridgehead atoms. The lowest BCUT2D eigenvalue weighted by atomic mass is 10.1. The van der Waals surface area contributed by atoms with E-state index < -0.39 is 28.2 Å². The standard InChI is InChI=1S/C19H20F3N3O2S/c1-11(2)10-24-16(26)13-6-7-15(12(3)9-13)25-17(27)14-5-4-8-23-18(14)28-19(20,21)22/h4-9,11H,10H2,1-3H3,(H,24,26)(H,25,27). The molecule has 0 fully saturated rings. The number of nitrogens with zero attached hydrogens (tertiary/aromatic N) is 1. The van der Waals surface area contributed by atoms with Crippen molar-refractivity contribution in [3.05, 3.63) is 53.2 Å². The number of hydrogen-bond acceptors (Lipinski definition) is 4. The number of halogens is 3. The van der Waals surface area contributed by atoms with Crippen LogP contribution < -0.4 is 10.6 Å². The predicted octanol–water partition coefficient (Wildman–Crippen LogP) is 4.64. The Balaban J connectivity index is 2.16. The first-order chi connectivity index (χ1) is 13.1. The molecule has 0 aliphatic heterocycles. The molecule has 1 aromatic heterocycles. The van der Waals surface area contributed by atoms with E-state index in [9.17, 15) is 22.8 Å². The fraction of sp³-hybridized carbons (Fsp3) is 0.316. The zero-order valence-corrected chi connectivity index (χ0v) is 16.4. The van der Waals surface area contributed by atoms with Gasteiger partial charge in [-0.15, -0.1) is 0 Å². The molecular formula is C19H20F3N3O2S. The fourth-order valence-electron chi connectivity index (χ4n) is 2.29. The molecule has 0 aliphatic rings. The summed E-state index contributed by atoms with van der Waals surface area (Å²) in [7, 11) is 0. The summed E-state index contributed by atoms with van der Waals surface area (Å²) in [6, 6.07) is 7.38. The van der Waals surface area contributed by atoms with Crippen molar-refractivity contribution in [1.29, 1.82) is 0 Å². The number of amides is 2. The number of rotatable bonds is 6. The lowest BCUT2D eigenvalue weighted by molar-refractivity contribution is -0.0329. The summed E-state index contributed by atoms with van der Waals surface area (Å²) in [6.45, 7) is 6.20. The highest BCUT2D eigenvalue weighted by atomic mass is 32.2. The molecular weight excluding hydrogens is 391 g/mol. The van der Waals surface area contributed by atoms with E-state index in [0.29, 0.717) is 29.3 Å². The van der Waals surface area contributed by atoms with Crippen molar-refractivity contribution < 1.29 is 22.8 Å². The molecule has 1 heterocycles. The minimum absolute atomic E-state index is 0.178. The van der Waals surface area contributed by atoms with E-state index in [0.717, 1.165) is 0 Å². The van der Waals surface area contributed by atoms with Crippen LogP contribution in [0.5, 0.6) is 0 Å². The van der Waals surface area contributed by atoms with E-state index in [1.165, 1.54) is 18.3 Å². The minimum atomic E-state index is -4.55. The molecule has 9 heteroatoms. The highest BCUT2D eigenvalue weighted by molar-refractivity contribution is 8.00. The Morgan fingerprint density at radius 2 is 1.89 bits per heavy atom.